The molecular weight excluding hydrogens is 310 g/mol. The maximum atomic E-state index is 13.0. The summed E-state index contributed by atoms with van der Waals surface area (Å²) in [5, 5.41) is 1.96. The minimum Gasteiger partial charge on any atom is -0.442 e. The highest BCUT2D eigenvalue weighted by Gasteiger charge is 2.34. The lowest BCUT2D eigenvalue weighted by molar-refractivity contribution is 0.0728. The number of oxazole rings is 1. The molecule has 1 fully saturated rings. The Morgan fingerprint density at radius 1 is 1.26 bits per heavy atom. The van der Waals surface area contributed by atoms with E-state index in [0.717, 1.165) is 30.0 Å². The smallest absolute Gasteiger partial charge is 0.277 e. The van der Waals surface area contributed by atoms with Gasteiger partial charge in [0.25, 0.3) is 5.91 Å². The molecule has 1 aliphatic rings. The lowest BCUT2D eigenvalue weighted by atomic mass is 10.1. The van der Waals surface area contributed by atoms with Crippen LogP contribution in [0, 0.1) is 0 Å². The summed E-state index contributed by atoms with van der Waals surface area (Å²) in [4.78, 5) is 24.3. The van der Waals surface area contributed by atoms with Crippen LogP contribution in [0.25, 0.3) is 10.6 Å². The third kappa shape index (κ3) is 2.55. The van der Waals surface area contributed by atoms with Crippen molar-refractivity contribution in [2.45, 2.75) is 18.9 Å². The summed E-state index contributed by atoms with van der Waals surface area (Å²) in [5.41, 5.74) is 1.31. The van der Waals surface area contributed by atoms with Crippen molar-refractivity contribution < 1.29 is 9.21 Å². The van der Waals surface area contributed by atoms with Crippen LogP contribution < -0.4 is 0 Å². The van der Waals surface area contributed by atoms with Crippen molar-refractivity contribution in [3.8, 4) is 10.6 Å². The predicted octanol–water partition coefficient (Wildman–Crippen LogP) is 3.78. The number of carbonyl (C=O) groups excluding carboxylic acids is 1. The molecule has 4 rings (SSSR count). The van der Waals surface area contributed by atoms with E-state index in [-0.39, 0.29) is 11.9 Å². The van der Waals surface area contributed by atoms with E-state index in [1.807, 2.05) is 40.6 Å². The number of aromatic nitrogens is 2. The van der Waals surface area contributed by atoms with Crippen molar-refractivity contribution in [3.63, 3.8) is 0 Å². The number of amides is 1. The van der Waals surface area contributed by atoms with Crippen LogP contribution in [-0.4, -0.2) is 27.3 Å². The van der Waals surface area contributed by atoms with E-state index in [2.05, 4.69) is 9.97 Å². The highest BCUT2D eigenvalue weighted by molar-refractivity contribution is 7.13. The van der Waals surface area contributed by atoms with Crippen molar-refractivity contribution in [3.05, 3.63) is 59.7 Å². The molecule has 0 spiro atoms. The molecule has 0 aliphatic carbocycles. The third-order valence-electron chi connectivity index (χ3n) is 4.06. The quantitative estimate of drug-likeness (QED) is 0.735. The molecule has 0 saturated carbocycles. The summed E-state index contributed by atoms with van der Waals surface area (Å²) in [6, 6.07) is 9.69. The SMILES string of the molecule is O=C(c1ncoc1-c1cccs1)N1CCC[C@@H]1c1ccccn1. The Kier molecular flexibility index (Phi) is 3.67. The van der Waals surface area contributed by atoms with E-state index in [0.29, 0.717) is 11.5 Å². The van der Waals surface area contributed by atoms with Crippen molar-refractivity contribution in [2.24, 2.45) is 0 Å². The van der Waals surface area contributed by atoms with Crippen LogP contribution in [0.5, 0.6) is 0 Å². The zero-order valence-corrected chi connectivity index (χ0v) is 13.2. The van der Waals surface area contributed by atoms with Gasteiger partial charge in [0, 0.05) is 12.7 Å². The van der Waals surface area contributed by atoms with Crippen LogP contribution in [0.4, 0.5) is 0 Å². The summed E-state index contributed by atoms with van der Waals surface area (Å²) in [7, 11) is 0. The van der Waals surface area contributed by atoms with Gasteiger partial charge in [-0.2, -0.15) is 0 Å². The summed E-state index contributed by atoms with van der Waals surface area (Å²) >= 11 is 1.54. The van der Waals surface area contributed by atoms with Crippen LogP contribution in [0.2, 0.25) is 0 Å². The summed E-state index contributed by atoms with van der Waals surface area (Å²) in [5.74, 6) is 0.465. The molecule has 0 bridgehead atoms. The van der Waals surface area contributed by atoms with Crippen molar-refractivity contribution in [2.75, 3.05) is 6.54 Å². The molecule has 5 nitrogen and oxygen atoms in total. The molecule has 3 aromatic rings. The van der Waals surface area contributed by atoms with E-state index in [1.165, 1.54) is 17.7 Å². The van der Waals surface area contributed by atoms with Gasteiger partial charge >= 0.3 is 0 Å². The van der Waals surface area contributed by atoms with Crippen molar-refractivity contribution in [1.82, 2.24) is 14.9 Å². The van der Waals surface area contributed by atoms with Gasteiger partial charge in [-0.3, -0.25) is 9.78 Å². The highest BCUT2D eigenvalue weighted by Crippen LogP contribution is 2.34. The van der Waals surface area contributed by atoms with E-state index in [1.54, 1.807) is 6.20 Å². The third-order valence-corrected chi connectivity index (χ3v) is 4.93. The number of rotatable bonds is 3. The minimum absolute atomic E-state index is 0.0107. The number of nitrogens with zero attached hydrogens (tertiary/aromatic N) is 3. The summed E-state index contributed by atoms with van der Waals surface area (Å²) in [6.07, 6.45) is 5.01. The number of likely N-dealkylation sites (tertiary alicyclic amines) is 1. The monoisotopic (exact) mass is 325 g/mol. The Morgan fingerprint density at radius 2 is 2.22 bits per heavy atom. The molecule has 1 aliphatic heterocycles. The lowest BCUT2D eigenvalue weighted by Crippen LogP contribution is -2.31. The molecule has 0 unspecified atom stereocenters. The van der Waals surface area contributed by atoms with Crippen LogP contribution in [-0.2, 0) is 0 Å². The first kappa shape index (κ1) is 14.1. The van der Waals surface area contributed by atoms with Crippen molar-refractivity contribution >= 4 is 17.2 Å². The highest BCUT2D eigenvalue weighted by atomic mass is 32.1. The Hall–Kier alpha value is -2.47. The van der Waals surface area contributed by atoms with Gasteiger partial charge in [-0.15, -0.1) is 11.3 Å². The van der Waals surface area contributed by atoms with Crippen molar-refractivity contribution in [1.29, 1.82) is 0 Å². The minimum atomic E-state index is -0.0877. The number of carbonyl (C=O) groups is 1. The fourth-order valence-corrected chi connectivity index (χ4v) is 3.72. The van der Waals surface area contributed by atoms with Gasteiger partial charge in [0.05, 0.1) is 16.6 Å². The maximum Gasteiger partial charge on any atom is 0.277 e. The fourth-order valence-electron chi connectivity index (χ4n) is 3.01. The Morgan fingerprint density at radius 3 is 3.00 bits per heavy atom. The number of pyridine rings is 1. The van der Waals surface area contributed by atoms with E-state index in [9.17, 15) is 4.79 Å². The van der Waals surface area contributed by atoms with Gasteiger partial charge in [0.2, 0.25) is 0 Å². The largest absolute Gasteiger partial charge is 0.442 e. The topological polar surface area (TPSA) is 59.2 Å². The lowest BCUT2D eigenvalue weighted by Gasteiger charge is -2.23. The predicted molar refractivity (Wildman–Crippen MR) is 87.1 cm³/mol. The molecule has 1 atom stereocenters. The van der Waals surface area contributed by atoms with Gasteiger partial charge in [-0.1, -0.05) is 12.1 Å². The summed E-state index contributed by atoms with van der Waals surface area (Å²) in [6.45, 7) is 0.719. The first-order chi connectivity index (χ1) is 11.3. The van der Waals surface area contributed by atoms with Gasteiger partial charge in [0.1, 0.15) is 0 Å². The zero-order valence-electron chi connectivity index (χ0n) is 12.4. The first-order valence-corrected chi connectivity index (χ1v) is 8.42. The standard InChI is InChI=1S/C17H15N3O2S/c21-17(15-16(22-11-19-15)14-7-4-10-23-14)20-9-3-6-13(20)12-5-1-2-8-18-12/h1-2,4-5,7-8,10-11,13H,3,6,9H2/t13-/m1/s1. The maximum absolute atomic E-state index is 13.0. The molecule has 0 radical (unpaired) electrons. The molecule has 0 aromatic carbocycles. The number of thiophene rings is 1. The molecule has 1 saturated heterocycles. The van der Waals surface area contributed by atoms with Gasteiger partial charge in [-0.05, 0) is 36.4 Å². The van der Waals surface area contributed by atoms with Crippen LogP contribution in [0.15, 0.2) is 52.7 Å². The zero-order chi connectivity index (χ0) is 15.6. The summed E-state index contributed by atoms with van der Waals surface area (Å²) < 4.78 is 5.47. The first-order valence-electron chi connectivity index (χ1n) is 7.54. The molecular formula is C17H15N3O2S. The Labute approximate surface area is 137 Å². The number of hydrogen-bond acceptors (Lipinski definition) is 5. The molecule has 6 heteroatoms. The second-order valence-corrected chi connectivity index (χ2v) is 6.37. The van der Waals surface area contributed by atoms with E-state index >= 15 is 0 Å². The number of hydrogen-bond donors (Lipinski definition) is 0. The van der Waals surface area contributed by atoms with Crippen LogP contribution in [0.3, 0.4) is 0 Å². The Bertz CT molecular complexity index is 798. The molecule has 23 heavy (non-hydrogen) atoms. The normalized spacial score (nSPS) is 17.6. The Balaban J connectivity index is 1.66. The second-order valence-electron chi connectivity index (χ2n) is 5.42. The van der Waals surface area contributed by atoms with E-state index < -0.39 is 0 Å². The van der Waals surface area contributed by atoms with Gasteiger partial charge in [-0.25, -0.2) is 4.98 Å². The molecule has 3 aromatic heterocycles. The molecule has 116 valence electrons. The second kappa shape index (κ2) is 5.96. The van der Waals surface area contributed by atoms with Crippen LogP contribution >= 0.6 is 11.3 Å². The molecule has 1 amide bonds. The average Bonchev–Trinajstić information content (AvgIpc) is 3.34. The average molecular weight is 325 g/mol. The van der Waals surface area contributed by atoms with E-state index in [4.69, 9.17) is 4.42 Å². The fraction of sp³-hybridized carbons (Fsp3) is 0.235. The molecule has 0 N–H and O–H groups in total. The van der Waals surface area contributed by atoms with Gasteiger partial charge < -0.3 is 9.32 Å². The van der Waals surface area contributed by atoms with Gasteiger partial charge in [0.15, 0.2) is 17.8 Å². The molecule has 4 heterocycles. The van der Waals surface area contributed by atoms with Crippen LogP contribution in [0.1, 0.15) is 35.1 Å².